The first-order valence-electron chi connectivity index (χ1n) is 6.54. The molecule has 0 amide bonds. The first-order chi connectivity index (χ1) is 7.84. The van der Waals surface area contributed by atoms with Crippen molar-refractivity contribution in [3.63, 3.8) is 0 Å². The molecule has 0 bridgehead atoms. The molecule has 0 saturated heterocycles. The number of thiophene rings is 1. The van der Waals surface area contributed by atoms with Gasteiger partial charge in [-0.2, -0.15) is 11.3 Å². The maximum Gasteiger partial charge on any atom is 0.0798 e. The van der Waals surface area contributed by atoms with Crippen molar-refractivity contribution in [1.29, 1.82) is 0 Å². The van der Waals surface area contributed by atoms with E-state index in [-0.39, 0.29) is 6.10 Å². The van der Waals surface area contributed by atoms with Crippen molar-refractivity contribution in [3.8, 4) is 0 Å². The van der Waals surface area contributed by atoms with Crippen LogP contribution >= 0.6 is 11.3 Å². The van der Waals surface area contributed by atoms with Crippen LogP contribution in [0.3, 0.4) is 0 Å². The Morgan fingerprint density at radius 2 is 1.81 bits per heavy atom. The molecule has 1 N–H and O–H groups in total. The van der Waals surface area contributed by atoms with E-state index in [0.717, 1.165) is 18.4 Å². The minimum absolute atomic E-state index is 0.234. The summed E-state index contributed by atoms with van der Waals surface area (Å²) in [6.07, 6.45) is 9.87. The first-order valence-corrected chi connectivity index (χ1v) is 7.49. The molecular formula is C14H24OS. The van der Waals surface area contributed by atoms with E-state index in [1.54, 1.807) is 11.3 Å². The highest BCUT2D eigenvalue weighted by Crippen LogP contribution is 2.22. The summed E-state index contributed by atoms with van der Waals surface area (Å²) in [5.41, 5.74) is 1.09. The molecule has 1 aromatic rings. The highest BCUT2D eigenvalue weighted by atomic mass is 32.1. The summed E-state index contributed by atoms with van der Waals surface area (Å²) in [6.45, 7) is 2.25. The highest BCUT2D eigenvalue weighted by molar-refractivity contribution is 7.07. The molecule has 1 nitrogen and oxygen atoms in total. The van der Waals surface area contributed by atoms with E-state index in [1.165, 1.54) is 38.5 Å². The van der Waals surface area contributed by atoms with Gasteiger partial charge in [-0.3, -0.25) is 0 Å². The fourth-order valence-corrected chi connectivity index (χ4v) is 2.63. The van der Waals surface area contributed by atoms with E-state index < -0.39 is 0 Å². The Morgan fingerprint density at radius 3 is 2.44 bits per heavy atom. The molecule has 1 rings (SSSR count). The van der Waals surface area contributed by atoms with Crippen LogP contribution in [0, 0.1) is 0 Å². The fraction of sp³-hybridized carbons (Fsp3) is 0.714. The Bertz CT molecular complexity index is 243. The van der Waals surface area contributed by atoms with Crippen LogP contribution in [0.5, 0.6) is 0 Å². The number of hydrogen-bond donors (Lipinski definition) is 1. The lowest BCUT2D eigenvalue weighted by atomic mass is 10.0. The van der Waals surface area contributed by atoms with Crippen molar-refractivity contribution in [3.05, 3.63) is 22.4 Å². The minimum atomic E-state index is -0.234. The third kappa shape index (κ3) is 5.66. The molecule has 0 aliphatic carbocycles. The van der Waals surface area contributed by atoms with E-state index in [9.17, 15) is 5.11 Å². The largest absolute Gasteiger partial charge is 0.388 e. The molecule has 0 aliphatic heterocycles. The van der Waals surface area contributed by atoms with Crippen molar-refractivity contribution in [2.24, 2.45) is 0 Å². The van der Waals surface area contributed by atoms with Gasteiger partial charge in [0.2, 0.25) is 0 Å². The second-order valence-electron chi connectivity index (χ2n) is 4.48. The summed E-state index contributed by atoms with van der Waals surface area (Å²) in [4.78, 5) is 0. The average molecular weight is 240 g/mol. The monoisotopic (exact) mass is 240 g/mol. The summed E-state index contributed by atoms with van der Waals surface area (Å²) < 4.78 is 0. The number of unbranched alkanes of at least 4 members (excludes halogenated alkanes) is 6. The van der Waals surface area contributed by atoms with Crippen LogP contribution in [0.2, 0.25) is 0 Å². The lowest BCUT2D eigenvalue weighted by molar-refractivity contribution is 0.164. The molecule has 1 unspecified atom stereocenters. The van der Waals surface area contributed by atoms with Gasteiger partial charge in [-0.05, 0) is 28.8 Å². The first kappa shape index (κ1) is 13.7. The van der Waals surface area contributed by atoms with Gasteiger partial charge in [0.1, 0.15) is 0 Å². The van der Waals surface area contributed by atoms with Crippen LogP contribution in [0.25, 0.3) is 0 Å². The van der Waals surface area contributed by atoms with Gasteiger partial charge in [0, 0.05) is 0 Å². The van der Waals surface area contributed by atoms with Crippen LogP contribution in [0.4, 0.5) is 0 Å². The zero-order chi connectivity index (χ0) is 11.6. The van der Waals surface area contributed by atoms with E-state index in [0.29, 0.717) is 0 Å². The van der Waals surface area contributed by atoms with Crippen LogP contribution in [-0.4, -0.2) is 5.11 Å². The van der Waals surface area contributed by atoms with Crippen LogP contribution < -0.4 is 0 Å². The van der Waals surface area contributed by atoms with Gasteiger partial charge in [-0.15, -0.1) is 0 Å². The summed E-state index contributed by atoms with van der Waals surface area (Å²) >= 11 is 1.66. The van der Waals surface area contributed by atoms with Crippen LogP contribution in [0.1, 0.15) is 70.0 Å². The molecule has 1 aromatic heterocycles. The summed E-state index contributed by atoms with van der Waals surface area (Å²) in [5.74, 6) is 0. The van der Waals surface area contributed by atoms with Crippen molar-refractivity contribution in [2.45, 2.75) is 64.4 Å². The Balaban J connectivity index is 1.95. The SMILES string of the molecule is CCCCCCCCCC(O)c1ccsc1. The van der Waals surface area contributed by atoms with Gasteiger partial charge in [0.25, 0.3) is 0 Å². The van der Waals surface area contributed by atoms with Crippen LogP contribution in [0.15, 0.2) is 16.8 Å². The third-order valence-electron chi connectivity index (χ3n) is 3.01. The number of rotatable bonds is 9. The third-order valence-corrected chi connectivity index (χ3v) is 3.71. The molecule has 0 radical (unpaired) electrons. The lowest BCUT2D eigenvalue weighted by Gasteiger charge is -2.08. The van der Waals surface area contributed by atoms with Crippen molar-refractivity contribution < 1.29 is 5.11 Å². The number of hydrogen-bond acceptors (Lipinski definition) is 2. The van der Waals surface area contributed by atoms with E-state index in [1.807, 2.05) is 16.8 Å². The van der Waals surface area contributed by atoms with E-state index >= 15 is 0 Å². The molecule has 0 fully saturated rings. The molecule has 1 heterocycles. The predicted molar refractivity (Wildman–Crippen MR) is 71.9 cm³/mol. The minimum Gasteiger partial charge on any atom is -0.388 e. The molecule has 1 atom stereocenters. The Morgan fingerprint density at radius 1 is 1.12 bits per heavy atom. The van der Waals surface area contributed by atoms with Crippen molar-refractivity contribution in [1.82, 2.24) is 0 Å². The highest BCUT2D eigenvalue weighted by Gasteiger charge is 2.06. The van der Waals surface area contributed by atoms with Gasteiger partial charge in [-0.25, -0.2) is 0 Å². The molecule has 0 saturated carbocycles. The summed E-state index contributed by atoms with van der Waals surface area (Å²) in [6, 6.07) is 2.02. The van der Waals surface area contributed by atoms with Gasteiger partial charge < -0.3 is 5.11 Å². The second kappa shape index (κ2) is 8.77. The number of aliphatic hydroxyl groups excluding tert-OH is 1. The van der Waals surface area contributed by atoms with Gasteiger partial charge >= 0.3 is 0 Å². The lowest BCUT2D eigenvalue weighted by Crippen LogP contribution is -1.95. The Labute approximate surface area is 104 Å². The average Bonchev–Trinajstić information content (AvgIpc) is 2.81. The smallest absolute Gasteiger partial charge is 0.0798 e. The molecule has 0 aliphatic rings. The van der Waals surface area contributed by atoms with Crippen molar-refractivity contribution >= 4 is 11.3 Å². The maximum atomic E-state index is 9.86. The summed E-state index contributed by atoms with van der Waals surface area (Å²) in [5, 5.41) is 13.9. The topological polar surface area (TPSA) is 20.2 Å². The van der Waals surface area contributed by atoms with Crippen LogP contribution in [-0.2, 0) is 0 Å². The second-order valence-corrected chi connectivity index (χ2v) is 5.26. The molecular weight excluding hydrogens is 216 g/mol. The molecule has 0 spiro atoms. The van der Waals surface area contributed by atoms with E-state index in [4.69, 9.17) is 0 Å². The predicted octanol–water partition coefficient (Wildman–Crippen LogP) is 4.92. The maximum absolute atomic E-state index is 9.86. The van der Waals surface area contributed by atoms with Gasteiger partial charge in [-0.1, -0.05) is 51.9 Å². The van der Waals surface area contributed by atoms with Gasteiger partial charge in [0.05, 0.1) is 6.10 Å². The normalized spacial score (nSPS) is 12.9. The Hall–Kier alpha value is -0.340. The Kier molecular flexibility index (Phi) is 7.52. The van der Waals surface area contributed by atoms with Crippen molar-refractivity contribution in [2.75, 3.05) is 0 Å². The zero-order valence-electron chi connectivity index (χ0n) is 10.3. The fourth-order valence-electron chi connectivity index (χ4n) is 1.93. The molecule has 92 valence electrons. The van der Waals surface area contributed by atoms with E-state index in [2.05, 4.69) is 6.92 Å². The standard InChI is InChI=1S/C14H24OS/c1-2-3-4-5-6-7-8-9-14(15)13-10-11-16-12-13/h10-12,14-15H,2-9H2,1H3. The molecule has 16 heavy (non-hydrogen) atoms. The molecule has 2 heteroatoms. The van der Waals surface area contributed by atoms with Gasteiger partial charge in [0.15, 0.2) is 0 Å². The number of aliphatic hydroxyl groups is 1. The zero-order valence-corrected chi connectivity index (χ0v) is 11.1. The quantitative estimate of drug-likeness (QED) is 0.607. The molecule has 0 aromatic carbocycles. The summed E-state index contributed by atoms with van der Waals surface area (Å²) in [7, 11) is 0.